The molecule has 8 nitrogen and oxygen atoms in total. The van der Waals surface area contributed by atoms with Crippen LogP contribution in [-0.4, -0.2) is 80.7 Å². The maximum absolute atomic E-state index is 14.7. The van der Waals surface area contributed by atoms with Crippen LogP contribution in [0.5, 0.6) is 0 Å². The number of ether oxygens (including phenoxy) is 1. The molecule has 0 radical (unpaired) electrons. The van der Waals surface area contributed by atoms with Crippen molar-refractivity contribution in [2.75, 3.05) is 37.3 Å². The number of pyridine rings is 1. The zero-order valence-corrected chi connectivity index (χ0v) is 26.2. The minimum Gasteiger partial charge on any atom is -0.373 e. The number of nitrogens with zero attached hydrogens (tertiary/aromatic N) is 3. The summed E-state index contributed by atoms with van der Waals surface area (Å²) in [6.07, 6.45) is 1.27. The number of likely N-dealkylation sites (tertiary alicyclic amines) is 1. The summed E-state index contributed by atoms with van der Waals surface area (Å²) >= 11 is 3.33. The molecular formula is C25H30FIN4O4S2Si. The molecule has 2 atom stereocenters. The van der Waals surface area contributed by atoms with E-state index in [1.165, 1.54) is 17.4 Å². The minimum atomic E-state index is -3.48. The van der Waals surface area contributed by atoms with Crippen LogP contribution in [0.25, 0.3) is 10.2 Å². The molecular weight excluding hydrogens is 658 g/mol. The van der Waals surface area contributed by atoms with Gasteiger partial charge in [-0.1, -0.05) is 31.0 Å². The van der Waals surface area contributed by atoms with Crippen molar-refractivity contribution in [1.82, 2.24) is 14.2 Å². The van der Waals surface area contributed by atoms with Gasteiger partial charge in [0.15, 0.2) is 0 Å². The van der Waals surface area contributed by atoms with E-state index in [2.05, 4.69) is 29.9 Å². The number of anilines is 2. The highest BCUT2D eigenvalue weighted by atomic mass is 127. The Morgan fingerprint density at radius 2 is 2.08 bits per heavy atom. The van der Waals surface area contributed by atoms with E-state index in [1.54, 1.807) is 33.6 Å². The molecule has 0 bridgehead atoms. The molecule has 0 unspecified atom stereocenters. The van der Waals surface area contributed by atoms with Crippen molar-refractivity contribution >= 4 is 78.8 Å². The molecule has 4 heterocycles. The van der Waals surface area contributed by atoms with Crippen LogP contribution in [0.3, 0.4) is 0 Å². The predicted octanol–water partition coefficient (Wildman–Crippen LogP) is 4.98. The van der Waals surface area contributed by atoms with Gasteiger partial charge in [0.25, 0.3) is 5.91 Å². The summed E-state index contributed by atoms with van der Waals surface area (Å²) < 4.78 is 49.5. The van der Waals surface area contributed by atoms with E-state index < -0.39 is 30.0 Å². The lowest BCUT2D eigenvalue weighted by molar-refractivity contribution is -0.0159. The maximum atomic E-state index is 14.7. The number of fused-ring (bicyclic) bond motifs is 2. The lowest BCUT2D eigenvalue weighted by Crippen LogP contribution is -2.54. The molecule has 0 spiro atoms. The zero-order valence-electron chi connectivity index (χ0n) is 21.4. The van der Waals surface area contributed by atoms with E-state index >= 15 is 0 Å². The Kier molecular flexibility index (Phi) is 7.88. The number of benzene rings is 1. The van der Waals surface area contributed by atoms with Gasteiger partial charge in [0.2, 0.25) is 10.0 Å². The first-order chi connectivity index (χ1) is 17.9. The third-order valence-corrected chi connectivity index (χ3v) is 12.6. The van der Waals surface area contributed by atoms with Crippen molar-refractivity contribution in [3.8, 4) is 0 Å². The van der Waals surface area contributed by atoms with Crippen molar-refractivity contribution in [2.45, 2.75) is 37.8 Å². The Morgan fingerprint density at radius 3 is 2.82 bits per heavy atom. The summed E-state index contributed by atoms with van der Waals surface area (Å²) in [5.41, 5.74) is 0.673. The summed E-state index contributed by atoms with van der Waals surface area (Å²) in [4.78, 5) is 20.7. The second-order valence-electron chi connectivity index (χ2n) is 10.8. The lowest BCUT2D eigenvalue weighted by Gasteiger charge is -2.36. The number of rotatable bonds is 7. The van der Waals surface area contributed by atoms with Gasteiger partial charge < -0.3 is 15.0 Å². The number of morpholine rings is 1. The van der Waals surface area contributed by atoms with E-state index in [0.29, 0.717) is 46.5 Å². The number of carbonyl (C=O) groups is 1. The van der Waals surface area contributed by atoms with Crippen LogP contribution in [0.1, 0.15) is 10.4 Å². The maximum Gasteiger partial charge on any atom is 0.257 e. The second kappa shape index (κ2) is 10.7. The predicted molar refractivity (Wildman–Crippen MR) is 160 cm³/mol. The fourth-order valence-corrected chi connectivity index (χ4v) is 11.0. The first-order valence-electron chi connectivity index (χ1n) is 12.4. The fraction of sp³-hybridized carbons (Fsp3) is 0.440. The van der Waals surface area contributed by atoms with Crippen molar-refractivity contribution in [1.29, 1.82) is 0 Å². The molecule has 13 heteroatoms. The minimum absolute atomic E-state index is 0.121. The van der Waals surface area contributed by atoms with Gasteiger partial charge in [-0.05, 0) is 59.0 Å². The molecule has 0 saturated carbocycles. The Labute approximate surface area is 240 Å². The third kappa shape index (κ3) is 5.77. The highest BCUT2D eigenvalue weighted by Crippen LogP contribution is 2.39. The topological polar surface area (TPSA) is 91.8 Å². The van der Waals surface area contributed by atoms with E-state index in [4.69, 9.17) is 4.74 Å². The fourth-order valence-electron chi connectivity index (χ4n) is 4.82. The standard InChI is InChI=1S/C25H30FIN4O4S2Si/c1-38(2,3)12-11-37(33,34)31-9-10-35-21-15-30(14-20(21)31)25(32)22-17-5-4-8-28-23(17)36-24(22)29-19-7-6-16(27)13-18(19)26/h4-8,13,20-21,29H,9-12,14-15H2,1-3H3/t20-,21+/m0/s1. The Balaban J connectivity index is 1.43. The van der Waals surface area contributed by atoms with E-state index in [-0.39, 0.29) is 30.0 Å². The molecule has 204 valence electrons. The number of hydrogen-bond acceptors (Lipinski definition) is 7. The van der Waals surface area contributed by atoms with E-state index in [9.17, 15) is 17.6 Å². The first-order valence-corrected chi connectivity index (χ1v) is 19.6. The van der Waals surface area contributed by atoms with Crippen LogP contribution in [0.4, 0.5) is 15.1 Å². The van der Waals surface area contributed by atoms with Crippen molar-refractivity contribution in [3.05, 3.63) is 51.5 Å². The van der Waals surface area contributed by atoms with Gasteiger partial charge in [0.05, 0.1) is 35.8 Å². The molecule has 3 aromatic rings. The van der Waals surface area contributed by atoms with Gasteiger partial charge in [-0.2, -0.15) is 4.31 Å². The van der Waals surface area contributed by atoms with Crippen LogP contribution in [0.15, 0.2) is 36.5 Å². The molecule has 1 aromatic carbocycles. The third-order valence-electron chi connectivity index (χ3n) is 6.86. The van der Waals surface area contributed by atoms with Crippen LogP contribution < -0.4 is 5.32 Å². The van der Waals surface area contributed by atoms with Crippen LogP contribution in [-0.2, 0) is 14.8 Å². The summed E-state index contributed by atoms with van der Waals surface area (Å²) in [5.74, 6) is -0.549. The molecule has 2 aliphatic rings. The Morgan fingerprint density at radius 1 is 1.29 bits per heavy atom. The largest absolute Gasteiger partial charge is 0.373 e. The highest BCUT2D eigenvalue weighted by Gasteiger charge is 2.46. The number of hydrogen-bond donors (Lipinski definition) is 1. The summed E-state index contributed by atoms with van der Waals surface area (Å²) in [6, 6.07) is 8.71. The summed E-state index contributed by atoms with van der Waals surface area (Å²) in [7, 11) is -5.02. The van der Waals surface area contributed by atoms with Crippen molar-refractivity contribution in [2.24, 2.45) is 0 Å². The van der Waals surface area contributed by atoms with Crippen LogP contribution >= 0.6 is 33.9 Å². The quantitative estimate of drug-likeness (QED) is 0.279. The number of halogens is 2. The average Bonchev–Trinajstić information content (AvgIpc) is 3.45. The molecule has 2 saturated heterocycles. The average molecular weight is 689 g/mol. The molecule has 1 amide bonds. The number of thiophene rings is 1. The molecule has 2 aromatic heterocycles. The van der Waals surface area contributed by atoms with Crippen molar-refractivity contribution in [3.63, 3.8) is 0 Å². The van der Waals surface area contributed by atoms with Gasteiger partial charge in [0, 0.05) is 42.9 Å². The SMILES string of the molecule is C[Si](C)(C)CCS(=O)(=O)N1CCO[C@@H]2CN(C(=O)c3c(Nc4ccc(I)cc4F)sc4ncccc34)C[C@@H]21. The number of nitrogens with one attached hydrogen (secondary N) is 1. The van der Waals surface area contributed by atoms with Gasteiger partial charge in [0.1, 0.15) is 15.6 Å². The normalized spacial score (nSPS) is 20.6. The summed E-state index contributed by atoms with van der Waals surface area (Å²) in [6.45, 7) is 7.61. The number of sulfonamides is 1. The Bertz CT molecular complexity index is 1480. The molecule has 2 aliphatic heterocycles. The molecule has 38 heavy (non-hydrogen) atoms. The number of aromatic nitrogens is 1. The lowest BCUT2D eigenvalue weighted by atomic mass is 10.1. The van der Waals surface area contributed by atoms with E-state index in [1.807, 2.05) is 28.7 Å². The monoisotopic (exact) mass is 688 g/mol. The first kappa shape index (κ1) is 27.9. The zero-order chi connectivity index (χ0) is 27.2. The van der Waals surface area contributed by atoms with Crippen LogP contribution in [0, 0.1) is 9.39 Å². The van der Waals surface area contributed by atoms with Gasteiger partial charge >= 0.3 is 0 Å². The summed E-state index contributed by atoms with van der Waals surface area (Å²) in [5, 5.41) is 4.28. The smallest absolute Gasteiger partial charge is 0.257 e. The molecule has 1 N–H and O–H groups in total. The second-order valence-corrected chi connectivity index (χ2v) is 20.7. The molecule has 5 rings (SSSR count). The van der Waals surface area contributed by atoms with Crippen molar-refractivity contribution < 1.29 is 22.3 Å². The van der Waals surface area contributed by atoms with Gasteiger partial charge in [-0.3, -0.25) is 4.79 Å². The van der Waals surface area contributed by atoms with Gasteiger partial charge in [-0.15, -0.1) is 0 Å². The molecule has 0 aliphatic carbocycles. The van der Waals surface area contributed by atoms with Gasteiger partial charge in [-0.25, -0.2) is 17.8 Å². The number of carbonyl (C=O) groups excluding carboxylic acids is 1. The molecule has 2 fully saturated rings. The highest BCUT2D eigenvalue weighted by molar-refractivity contribution is 14.1. The van der Waals surface area contributed by atoms with E-state index in [0.717, 1.165) is 3.57 Å². The number of amides is 1. The van der Waals surface area contributed by atoms with Crippen LogP contribution in [0.2, 0.25) is 25.7 Å². The Hall–Kier alpha value is -1.65.